The number of aliphatic hydroxyl groups excluding tert-OH is 1. The molecule has 0 fully saturated rings. The molecule has 0 unspecified atom stereocenters. The van der Waals surface area contributed by atoms with Crippen LogP contribution in [0.25, 0.3) is 0 Å². The van der Waals surface area contributed by atoms with Gasteiger partial charge in [0, 0.05) is 0 Å². The summed E-state index contributed by atoms with van der Waals surface area (Å²) in [5, 5.41) is 14.9. The Morgan fingerprint density at radius 1 is 1.22 bits per heavy atom. The van der Waals surface area contributed by atoms with Gasteiger partial charge in [0.2, 0.25) is 9.84 Å². The van der Waals surface area contributed by atoms with Gasteiger partial charge in [-0.3, -0.25) is 0 Å². The Bertz CT molecular complexity index is 608. The van der Waals surface area contributed by atoms with Crippen molar-refractivity contribution in [2.45, 2.75) is 9.92 Å². The van der Waals surface area contributed by atoms with E-state index < -0.39 is 14.9 Å². The molecule has 0 atom stereocenters. The van der Waals surface area contributed by atoms with Crippen molar-refractivity contribution in [2.75, 3.05) is 13.2 Å². The van der Waals surface area contributed by atoms with Crippen molar-refractivity contribution in [1.82, 2.24) is 10.3 Å². The van der Waals surface area contributed by atoms with Crippen molar-refractivity contribution in [3.63, 3.8) is 0 Å². The van der Waals surface area contributed by atoms with Crippen molar-refractivity contribution in [3.8, 4) is 5.88 Å². The molecule has 2 rings (SSSR count). The maximum atomic E-state index is 12.2. The van der Waals surface area contributed by atoms with Gasteiger partial charge in [-0.1, -0.05) is 18.2 Å². The Kier molecular flexibility index (Phi) is 3.58. The largest absolute Gasteiger partial charge is 0.471 e. The van der Waals surface area contributed by atoms with Crippen molar-refractivity contribution < 1.29 is 22.9 Å². The molecule has 0 aliphatic carbocycles. The summed E-state index contributed by atoms with van der Waals surface area (Å²) < 4.78 is 33.7. The predicted molar refractivity (Wildman–Crippen MR) is 58.8 cm³/mol. The number of nitrogens with zero attached hydrogens (tertiary/aromatic N) is 2. The van der Waals surface area contributed by atoms with Gasteiger partial charge in [-0.25, -0.2) is 13.0 Å². The second kappa shape index (κ2) is 5.15. The third-order valence-corrected chi connectivity index (χ3v) is 3.72. The van der Waals surface area contributed by atoms with Crippen LogP contribution in [0.3, 0.4) is 0 Å². The third kappa shape index (κ3) is 2.34. The molecule has 1 aromatic carbocycles. The summed E-state index contributed by atoms with van der Waals surface area (Å²) in [5.41, 5.74) is 0. The first-order valence-corrected chi connectivity index (χ1v) is 6.51. The van der Waals surface area contributed by atoms with Crippen molar-refractivity contribution >= 4 is 9.84 Å². The predicted octanol–water partition coefficient (Wildman–Crippen LogP) is 0.274. The summed E-state index contributed by atoms with van der Waals surface area (Å²) in [4.78, 5) is 0.0644. The highest BCUT2D eigenvalue weighted by Crippen LogP contribution is 2.25. The average molecular weight is 270 g/mol. The quantitative estimate of drug-likeness (QED) is 0.831. The van der Waals surface area contributed by atoms with Gasteiger partial charge >= 0.3 is 0 Å². The monoisotopic (exact) mass is 270 g/mol. The van der Waals surface area contributed by atoms with E-state index in [1.807, 2.05) is 0 Å². The van der Waals surface area contributed by atoms with Crippen LogP contribution in [-0.2, 0) is 9.84 Å². The number of benzene rings is 1. The smallest absolute Gasteiger partial charge is 0.295 e. The van der Waals surface area contributed by atoms with Crippen LogP contribution < -0.4 is 4.74 Å². The summed E-state index contributed by atoms with van der Waals surface area (Å²) >= 11 is 0. The van der Waals surface area contributed by atoms with E-state index in [0.29, 0.717) is 0 Å². The first-order valence-electron chi connectivity index (χ1n) is 5.02. The van der Waals surface area contributed by atoms with E-state index in [1.54, 1.807) is 18.2 Å². The molecule has 2 aromatic rings. The van der Waals surface area contributed by atoms with Gasteiger partial charge in [0.25, 0.3) is 10.9 Å². The van der Waals surface area contributed by atoms with Crippen molar-refractivity contribution in [2.24, 2.45) is 0 Å². The first-order chi connectivity index (χ1) is 8.66. The summed E-state index contributed by atoms with van der Waals surface area (Å²) in [6, 6.07) is 7.74. The molecule has 7 nitrogen and oxygen atoms in total. The van der Waals surface area contributed by atoms with E-state index >= 15 is 0 Å². The lowest BCUT2D eigenvalue weighted by Gasteiger charge is -2.02. The molecule has 0 saturated carbocycles. The van der Waals surface area contributed by atoms with Gasteiger partial charge in [-0.15, -0.1) is 0 Å². The first kappa shape index (κ1) is 12.5. The van der Waals surface area contributed by atoms with Gasteiger partial charge in [0.15, 0.2) is 0 Å². The maximum Gasteiger partial charge on any atom is 0.295 e. The maximum absolute atomic E-state index is 12.2. The molecule has 0 amide bonds. The molecule has 96 valence electrons. The standard InChI is InChI=1S/C10H10N2O5S/c13-6-7-16-9-10(12-17-11-9)18(14,15)8-4-2-1-3-5-8/h1-5,13H,6-7H2. The highest BCUT2D eigenvalue weighted by molar-refractivity contribution is 7.91. The Hall–Kier alpha value is -1.93. The van der Waals surface area contributed by atoms with Gasteiger partial charge in [-0.2, -0.15) is 0 Å². The summed E-state index contributed by atoms with van der Waals surface area (Å²) in [6.45, 7) is -0.358. The van der Waals surface area contributed by atoms with Crippen LogP contribution in [0.1, 0.15) is 0 Å². The number of hydrogen-bond donors (Lipinski definition) is 1. The minimum Gasteiger partial charge on any atom is -0.471 e. The molecule has 1 N–H and O–H groups in total. The van der Waals surface area contributed by atoms with E-state index in [9.17, 15) is 8.42 Å². The summed E-state index contributed by atoms with van der Waals surface area (Å²) in [6.07, 6.45) is 0. The number of sulfone groups is 1. The summed E-state index contributed by atoms with van der Waals surface area (Å²) in [7, 11) is -3.83. The van der Waals surface area contributed by atoms with E-state index in [4.69, 9.17) is 9.84 Å². The zero-order valence-corrected chi connectivity index (χ0v) is 10.0. The van der Waals surface area contributed by atoms with Crippen LogP contribution in [0, 0.1) is 0 Å². The zero-order chi connectivity index (χ0) is 13.0. The van der Waals surface area contributed by atoms with Gasteiger partial charge in [0.05, 0.1) is 11.5 Å². The minimum atomic E-state index is -3.83. The number of aliphatic hydroxyl groups is 1. The van der Waals surface area contributed by atoms with Crippen molar-refractivity contribution in [3.05, 3.63) is 30.3 Å². The molecule has 8 heteroatoms. The van der Waals surface area contributed by atoms with Crippen molar-refractivity contribution in [1.29, 1.82) is 0 Å². The fourth-order valence-corrected chi connectivity index (χ4v) is 2.47. The van der Waals surface area contributed by atoms with Gasteiger partial charge < -0.3 is 9.84 Å². The SMILES string of the molecule is O=S(=O)(c1ccccc1)c1nonc1OCCO. The lowest BCUT2D eigenvalue weighted by atomic mass is 10.4. The van der Waals surface area contributed by atoms with Crippen LogP contribution >= 0.6 is 0 Å². The molecule has 1 aromatic heterocycles. The van der Waals surface area contributed by atoms with Gasteiger partial charge in [0.1, 0.15) is 6.61 Å². The Balaban J connectivity index is 2.40. The van der Waals surface area contributed by atoms with E-state index in [1.165, 1.54) is 12.1 Å². The fraction of sp³-hybridized carbons (Fsp3) is 0.200. The average Bonchev–Trinajstić information content (AvgIpc) is 2.86. The zero-order valence-electron chi connectivity index (χ0n) is 9.18. The Morgan fingerprint density at radius 2 is 1.94 bits per heavy atom. The van der Waals surface area contributed by atoms with Crippen LogP contribution in [0.2, 0.25) is 0 Å². The van der Waals surface area contributed by atoms with E-state index in [-0.39, 0.29) is 24.0 Å². The normalized spacial score (nSPS) is 11.4. The summed E-state index contributed by atoms with van der Waals surface area (Å²) in [5.74, 6) is -0.257. The third-order valence-electron chi connectivity index (χ3n) is 2.07. The number of aromatic nitrogens is 2. The number of ether oxygens (including phenoxy) is 1. The van der Waals surface area contributed by atoms with Crippen LogP contribution in [0.15, 0.2) is 44.9 Å². The molecule has 0 aliphatic heterocycles. The second-order valence-corrected chi connectivity index (χ2v) is 5.13. The fourth-order valence-electron chi connectivity index (χ4n) is 1.28. The Labute approximate surface area is 103 Å². The Morgan fingerprint density at radius 3 is 2.61 bits per heavy atom. The topological polar surface area (TPSA) is 103 Å². The van der Waals surface area contributed by atoms with E-state index in [0.717, 1.165) is 0 Å². The molecule has 0 spiro atoms. The molecule has 1 heterocycles. The van der Waals surface area contributed by atoms with Crippen LogP contribution in [0.5, 0.6) is 5.88 Å². The van der Waals surface area contributed by atoms with Crippen LogP contribution in [0.4, 0.5) is 0 Å². The molecular weight excluding hydrogens is 260 g/mol. The second-order valence-electron chi connectivity index (χ2n) is 3.26. The lowest BCUT2D eigenvalue weighted by Crippen LogP contribution is -2.08. The molecular formula is C10H10N2O5S. The molecule has 0 radical (unpaired) electrons. The molecule has 0 bridgehead atoms. The highest BCUT2D eigenvalue weighted by atomic mass is 32.2. The highest BCUT2D eigenvalue weighted by Gasteiger charge is 2.28. The van der Waals surface area contributed by atoms with Gasteiger partial charge in [-0.05, 0) is 22.4 Å². The molecule has 18 heavy (non-hydrogen) atoms. The number of rotatable bonds is 5. The molecule has 0 aliphatic rings. The van der Waals surface area contributed by atoms with E-state index in [2.05, 4.69) is 14.9 Å². The lowest BCUT2D eigenvalue weighted by molar-refractivity contribution is 0.186. The number of hydrogen-bond acceptors (Lipinski definition) is 7. The van der Waals surface area contributed by atoms with Crippen LogP contribution in [-0.4, -0.2) is 37.1 Å². The molecule has 0 saturated heterocycles. The minimum absolute atomic E-state index is 0.0644.